The largest absolute Gasteiger partial charge is 0.461 e. The van der Waals surface area contributed by atoms with Gasteiger partial charge in [0.1, 0.15) is 6.61 Å². The molecular formula is C14H18ClNO2. The van der Waals surface area contributed by atoms with E-state index in [2.05, 4.69) is 6.58 Å². The Morgan fingerprint density at radius 3 is 2.56 bits per heavy atom. The van der Waals surface area contributed by atoms with Gasteiger partial charge in [0.05, 0.1) is 0 Å². The highest BCUT2D eigenvalue weighted by Crippen LogP contribution is 2.14. The third-order valence-electron chi connectivity index (χ3n) is 2.26. The molecule has 18 heavy (non-hydrogen) atoms. The molecule has 2 N–H and O–H groups in total. The molecule has 0 saturated heterocycles. The first-order chi connectivity index (χ1) is 8.19. The quantitative estimate of drug-likeness (QED) is 0.659. The summed E-state index contributed by atoms with van der Waals surface area (Å²) in [6, 6.07) is 7.71. The Morgan fingerprint density at radius 1 is 1.39 bits per heavy atom. The van der Waals surface area contributed by atoms with Crippen LogP contribution in [0.25, 0.3) is 12.2 Å². The van der Waals surface area contributed by atoms with Crippen molar-refractivity contribution in [3.8, 4) is 0 Å². The van der Waals surface area contributed by atoms with Crippen molar-refractivity contribution in [3.05, 3.63) is 47.5 Å². The molecule has 0 aromatic heterocycles. The van der Waals surface area contributed by atoms with E-state index in [1.165, 1.54) is 0 Å². The van der Waals surface area contributed by atoms with Crippen molar-refractivity contribution in [1.82, 2.24) is 0 Å². The van der Waals surface area contributed by atoms with Gasteiger partial charge in [-0.1, -0.05) is 36.9 Å². The first-order valence-corrected chi connectivity index (χ1v) is 5.46. The number of esters is 1. The molecule has 0 fully saturated rings. The summed E-state index contributed by atoms with van der Waals surface area (Å²) in [5.74, 6) is -0.339. The van der Waals surface area contributed by atoms with Gasteiger partial charge in [0.2, 0.25) is 0 Å². The highest BCUT2D eigenvalue weighted by molar-refractivity contribution is 5.93. The Balaban J connectivity index is 0.00000289. The van der Waals surface area contributed by atoms with E-state index in [1.807, 2.05) is 24.3 Å². The zero-order valence-corrected chi connectivity index (χ0v) is 11.2. The Bertz CT molecular complexity index is 441. The van der Waals surface area contributed by atoms with E-state index in [1.54, 1.807) is 19.1 Å². The van der Waals surface area contributed by atoms with E-state index in [0.29, 0.717) is 12.1 Å². The van der Waals surface area contributed by atoms with Crippen molar-refractivity contribution in [3.63, 3.8) is 0 Å². The minimum absolute atomic E-state index is 0. The Labute approximate surface area is 114 Å². The van der Waals surface area contributed by atoms with Crippen molar-refractivity contribution in [2.24, 2.45) is 5.73 Å². The van der Waals surface area contributed by atoms with Gasteiger partial charge in [0.15, 0.2) is 0 Å². The van der Waals surface area contributed by atoms with Gasteiger partial charge < -0.3 is 10.5 Å². The molecule has 1 aromatic rings. The van der Waals surface area contributed by atoms with E-state index in [9.17, 15) is 4.79 Å². The maximum absolute atomic E-state index is 11.5. The van der Waals surface area contributed by atoms with Gasteiger partial charge in [0, 0.05) is 12.1 Å². The maximum atomic E-state index is 11.5. The van der Waals surface area contributed by atoms with Crippen LogP contribution in [0.1, 0.15) is 18.1 Å². The van der Waals surface area contributed by atoms with Crippen molar-refractivity contribution in [1.29, 1.82) is 0 Å². The molecular weight excluding hydrogens is 250 g/mol. The molecule has 0 radical (unpaired) electrons. The SMILES string of the molecule is C=Cc1ccccc1/C=C(\C)C(=O)OCCN.Cl. The molecule has 0 aliphatic heterocycles. The second-order valence-corrected chi connectivity index (χ2v) is 3.58. The van der Waals surface area contributed by atoms with Gasteiger partial charge in [-0.2, -0.15) is 0 Å². The minimum Gasteiger partial charge on any atom is -0.461 e. The minimum atomic E-state index is -0.339. The lowest BCUT2D eigenvalue weighted by Gasteiger charge is -2.04. The van der Waals surface area contributed by atoms with E-state index in [4.69, 9.17) is 10.5 Å². The monoisotopic (exact) mass is 267 g/mol. The number of rotatable bonds is 5. The Kier molecular flexibility index (Phi) is 7.76. The summed E-state index contributed by atoms with van der Waals surface area (Å²) >= 11 is 0. The lowest BCUT2D eigenvalue weighted by molar-refractivity contribution is -0.138. The Morgan fingerprint density at radius 2 is 2.00 bits per heavy atom. The third-order valence-corrected chi connectivity index (χ3v) is 2.26. The van der Waals surface area contributed by atoms with Crippen LogP contribution in [-0.2, 0) is 9.53 Å². The predicted octanol–water partition coefficient (Wildman–Crippen LogP) is 2.66. The summed E-state index contributed by atoms with van der Waals surface area (Å²) in [7, 11) is 0. The van der Waals surface area contributed by atoms with Crippen molar-refractivity contribution in [2.75, 3.05) is 13.2 Å². The molecule has 0 saturated carbocycles. The van der Waals surface area contributed by atoms with Crippen LogP contribution < -0.4 is 5.73 Å². The lowest BCUT2D eigenvalue weighted by atomic mass is 10.1. The van der Waals surface area contributed by atoms with E-state index in [0.717, 1.165) is 11.1 Å². The number of carbonyl (C=O) groups excluding carboxylic acids is 1. The number of ether oxygens (including phenoxy) is 1. The van der Waals surface area contributed by atoms with Gasteiger partial charge in [-0.25, -0.2) is 4.79 Å². The first kappa shape index (κ1) is 16.4. The number of benzene rings is 1. The summed E-state index contributed by atoms with van der Waals surface area (Å²) in [6.45, 7) is 6.03. The summed E-state index contributed by atoms with van der Waals surface area (Å²) in [5, 5.41) is 0. The van der Waals surface area contributed by atoms with Crippen LogP contribution in [0, 0.1) is 0 Å². The number of halogens is 1. The van der Waals surface area contributed by atoms with Crippen LogP contribution >= 0.6 is 12.4 Å². The average Bonchev–Trinajstić information content (AvgIpc) is 2.36. The highest BCUT2D eigenvalue weighted by Gasteiger charge is 2.05. The van der Waals surface area contributed by atoms with Crippen molar-refractivity contribution < 1.29 is 9.53 Å². The molecule has 0 amide bonds. The molecule has 0 bridgehead atoms. The Hall–Kier alpha value is -1.58. The number of nitrogens with two attached hydrogens (primary N) is 1. The summed E-state index contributed by atoms with van der Waals surface area (Å²) in [4.78, 5) is 11.5. The van der Waals surface area contributed by atoms with E-state index < -0.39 is 0 Å². The molecule has 4 heteroatoms. The zero-order chi connectivity index (χ0) is 12.7. The molecule has 0 heterocycles. The van der Waals surface area contributed by atoms with Crippen LogP contribution in [0.4, 0.5) is 0 Å². The van der Waals surface area contributed by atoms with Crippen LogP contribution in [0.15, 0.2) is 36.4 Å². The summed E-state index contributed by atoms with van der Waals surface area (Å²) in [5.41, 5.74) is 7.75. The molecule has 0 unspecified atom stereocenters. The summed E-state index contributed by atoms with van der Waals surface area (Å²) in [6.07, 6.45) is 3.54. The van der Waals surface area contributed by atoms with Crippen LogP contribution in [0.3, 0.4) is 0 Å². The fourth-order valence-corrected chi connectivity index (χ4v) is 1.39. The molecule has 98 valence electrons. The topological polar surface area (TPSA) is 52.3 Å². The van der Waals surface area contributed by atoms with E-state index in [-0.39, 0.29) is 25.0 Å². The van der Waals surface area contributed by atoms with Crippen LogP contribution in [0.5, 0.6) is 0 Å². The van der Waals surface area contributed by atoms with E-state index >= 15 is 0 Å². The average molecular weight is 268 g/mol. The van der Waals surface area contributed by atoms with Crippen LogP contribution in [-0.4, -0.2) is 19.1 Å². The second-order valence-electron chi connectivity index (χ2n) is 3.58. The standard InChI is InChI=1S/C14H17NO2.ClH/c1-3-12-6-4-5-7-13(12)10-11(2)14(16)17-9-8-15;/h3-7,10H,1,8-9,15H2,2H3;1H/b11-10+;. The van der Waals surface area contributed by atoms with Gasteiger partial charge in [-0.3, -0.25) is 0 Å². The predicted molar refractivity (Wildman–Crippen MR) is 77.4 cm³/mol. The number of carbonyl (C=O) groups is 1. The molecule has 0 spiro atoms. The fourth-order valence-electron chi connectivity index (χ4n) is 1.39. The molecule has 1 aromatic carbocycles. The molecule has 3 nitrogen and oxygen atoms in total. The smallest absolute Gasteiger partial charge is 0.333 e. The van der Waals surface area contributed by atoms with Gasteiger partial charge in [0.25, 0.3) is 0 Å². The second kappa shape index (κ2) is 8.50. The highest BCUT2D eigenvalue weighted by atomic mass is 35.5. The number of hydrogen-bond donors (Lipinski definition) is 1. The molecule has 0 atom stereocenters. The zero-order valence-electron chi connectivity index (χ0n) is 10.4. The van der Waals surface area contributed by atoms with Gasteiger partial charge in [-0.15, -0.1) is 12.4 Å². The fraction of sp³-hybridized carbons (Fsp3) is 0.214. The number of hydrogen-bond acceptors (Lipinski definition) is 3. The maximum Gasteiger partial charge on any atom is 0.333 e. The summed E-state index contributed by atoms with van der Waals surface area (Å²) < 4.78 is 4.94. The molecule has 0 aliphatic rings. The third kappa shape index (κ3) is 4.73. The van der Waals surface area contributed by atoms with Crippen LogP contribution in [0.2, 0.25) is 0 Å². The van der Waals surface area contributed by atoms with Crippen molar-refractivity contribution >= 4 is 30.5 Å². The molecule has 0 aliphatic carbocycles. The normalized spacial score (nSPS) is 10.4. The molecule has 1 rings (SSSR count). The first-order valence-electron chi connectivity index (χ1n) is 5.46. The van der Waals surface area contributed by atoms with Crippen molar-refractivity contribution in [2.45, 2.75) is 6.92 Å². The van der Waals surface area contributed by atoms with Gasteiger partial charge in [-0.05, 0) is 24.1 Å². The lowest BCUT2D eigenvalue weighted by Crippen LogP contribution is -2.14. The van der Waals surface area contributed by atoms with Gasteiger partial charge >= 0.3 is 5.97 Å².